The Morgan fingerprint density at radius 2 is 1.83 bits per heavy atom. The molecule has 0 N–H and O–H groups in total. The third kappa shape index (κ3) is 2.81. The lowest BCUT2D eigenvalue weighted by Gasteiger charge is -2.08. The van der Waals surface area contributed by atoms with Gasteiger partial charge in [-0.3, -0.25) is 9.78 Å². The number of halogens is 3. The Kier molecular flexibility index (Phi) is 3.63. The van der Waals surface area contributed by atoms with Crippen molar-refractivity contribution in [2.75, 3.05) is 0 Å². The minimum Gasteiger partial charge on any atom is -0.315 e. The zero-order valence-corrected chi connectivity index (χ0v) is 12.1. The number of alkyl halides is 3. The molecule has 0 atom stereocenters. The SMILES string of the molecule is CCn1ccc2nc(-c3ccc(C(F)(F)F)cn3)ccc2c1=O. The second kappa shape index (κ2) is 5.49. The van der Waals surface area contributed by atoms with E-state index in [1.807, 2.05) is 6.92 Å². The fourth-order valence-electron chi connectivity index (χ4n) is 2.27. The van der Waals surface area contributed by atoms with Crippen LogP contribution in [0.4, 0.5) is 13.2 Å². The maximum Gasteiger partial charge on any atom is 0.417 e. The van der Waals surface area contributed by atoms with Crippen LogP contribution in [0.25, 0.3) is 22.3 Å². The molecule has 0 amide bonds. The zero-order valence-electron chi connectivity index (χ0n) is 12.1. The van der Waals surface area contributed by atoms with Crippen molar-refractivity contribution >= 4 is 10.9 Å². The van der Waals surface area contributed by atoms with Crippen molar-refractivity contribution in [1.82, 2.24) is 14.5 Å². The number of hydrogen-bond acceptors (Lipinski definition) is 3. The number of fused-ring (bicyclic) bond motifs is 1. The van der Waals surface area contributed by atoms with Gasteiger partial charge in [0.2, 0.25) is 0 Å². The van der Waals surface area contributed by atoms with E-state index in [-0.39, 0.29) is 5.56 Å². The summed E-state index contributed by atoms with van der Waals surface area (Å²) in [5.41, 5.74) is 0.260. The molecular formula is C16H12F3N3O. The van der Waals surface area contributed by atoms with E-state index in [1.54, 1.807) is 29.0 Å². The smallest absolute Gasteiger partial charge is 0.315 e. The van der Waals surface area contributed by atoms with E-state index in [1.165, 1.54) is 6.07 Å². The third-order valence-corrected chi connectivity index (χ3v) is 3.52. The largest absolute Gasteiger partial charge is 0.417 e. The highest BCUT2D eigenvalue weighted by Crippen LogP contribution is 2.29. The van der Waals surface area contributed by atoms with Crippen LogP contribution in [0.5, 0.6) is 0 Å². The van der Waals surface area contributed by atoms with Crippen LogP contribution in [0.3, 0.4) is 0 Å². The van der Waals surface area contributed by atoms with Gasteiger partial charge in [0.25, 0.3) is 5.56 Å². The zero-order chi connectivity index (χ0) is 16.6. The molecule has 0 aliphatic heterocycles. The van der Waals surface area contributed by atoms with Crippen LogP contribution in [-0.4, -0.2) is 14.5 Å². The topological polar surface area (TPSA) is 47.8 Å². The lowest BCUT2D eigenvalue weighted by atomic mass is 10.1. The molecule has 0 aromatic carbocycles. The molecule has 0 fully saturated rings. The molecule has 0 saturated heterocycles. The lowest BCUT2D eigenvalue weighted by molar-refractivity contribution is -0.137. The van der Waals surface area contributed by atoms with Crippen molar-refractivity contribution in [1.29, 1.82) is 0 Å². The first kappa shape index (κ1) is 15.2. The van der Waals surface area contributed by atoms with Crippen LogP contribution in [0.2, 0.25) is 0 Å². The fraction of sp³-hybridized carbons (Fsp3) is 0.188. The van der Waals surface area contributed by atoms with Crippen molar-refractivity contribution in [3.8, 4) is 11.4 Å². The van der Waals surface area contributed by atoms with Crippen LogP contribution >= 0.6 is 0 Å². The predicted molar refractivity (Wildman–Crippen MR) is 79.9 cm³/mol. The predicted octanol–water partition coefficient (Wildman–Crippen LogP) is 3.50. The maximum atomic E-state index is 12.6. The van der Waals surface area contributed by atoms with Gasteiger partial charge in [0.1, 0.15) is 0 Å². The van der Waals surface area contributed by atoms with Crippen molar-refractivity contribution < 1.29 is 13.2 Å². The van der Waals surface area contributed by atoms with Crippen molar-refractivity contribution in [2.24, 2.45) is 0 Å². The second-order valence-electron chi connectivity index (χ2n) is 4.97. The van der Waals surface area contributed by atoms with E-state index >= 15 is 0 Å². The average molecular weight is 319 g/mol. The number of nitrogens with zero attached hydrogens (tertiary/aromatic N) is 3. The van der Waals surface area contributed by atoms with Gasteiger partial charge in [-0.2, -0.15) is 13.2 Å². The molecule has 0 aliphatic carbocycles. The van der Waals surface area contributed by atoms with E-state index in [0.717, 1.165) is 12.3 Å². The number of aryl methyl sites for hydroxylation is 1. The molecule has 0 aliphatic rings. The Hall–Kier alpha value is -2.70. The van der Waals surface area contributed by atoms with Gasteiger partial charge in [-0.25, -0.2) is 4.98 Å². The van der Waals surface area contributed by atoms with Gasteiger partial charge in [0.05, 0.1) is 27.9 Å². The molecule has 0 radical (unpaired) electrons. The molecule has 3 heterocycles. The molecule has 3 aromatic rings. The third-order valence-electron chi connectivity index (χ3n) is 3.52. The number of rotatable bonds is 2. The molecule has 0 saturated carbocycles. The summed E-state index contributed by atoms with van der Waals surface area (Å²) in [6.45, 7) is 2.41. The van der Waals surface area contributed by atoms with E-state index in [9.17, 15) is 18.0 Å². The summed E-state index contributed by atoms with van der Waals surface area (Å²) < 4.78 is 39.2. The summed E-state index contributed by atoms with van der Waals surface area (Å²) in [6, 6.07) is 7.13. The Labute approximate surface area is 129 Å². The molecule has 4 nitrogen and oxygen atoms in total. The maximum absolute atomic E-state index is 12.6. The van der Waals surface area contributed by atoms with E-state index in [2.05, 4.69) is 9.97 Å². The van der Waals surface area contributed by atoms with E-state index < -0.39 is 11.7 Å². The van der Waals surface area contributed by atoms with Crippen LogP contribution in [0.1, 0.15) is 12.5 Å². The van der Waals surface area contributed by atoms with Crippen molar-refractivity contribution in [3.05, 3.63) is 58.6 Å². The highest BCUT2D eigenvalue weighted by molar-refractivity contribution is 5.80. The van der Waals surface area contributed by atoms with Crippen LogP contribution in [0, 0.1) is 0 Å². The van der Waals surface area contributed by atoms with Crippen LogP contribution < -0.4 is 5.56 Å². The summed E-state index contributed by atoms with van der Waals surface area (Å²) in [4.78, 5) is 20.3. The summed E-state index contributed by atoms with van der Waals surface area (Å²) in [7, 11) is 0. The molecule has 7 heteroatoms. The molecular weight excluding hydrogens is 307 g/mol. The van der Waals surface area contributed by atoms with Gasteiger partial charge in [0, 0.05) is 18.9 Å². The molecule has 0 spiro atoms. The second-order valence-corrected chi connectivity index (χ2v) is 4.97. The first-order valence-corrected chi connectivity index (χ1v) is 6.94. The van der Waals surface area contributed by atoms with Crippen LogP contribution in [0.15, 0.2) is 47.5 Å². The van der Waals surface area contributed by atoms with Gasteiger partial charge >= 0.3 is 6.18 Å². The van der Waals surface area contributed by atoms with E-state index in [0.29, 0.717) is 28.8 Å². The van der Waals surface area contributed by atoms with Gasteiger partial charge in [-0.1, -0.05) is 0 Å². The van der Waals surface area contributed by atoms with Crippen LogP contribution in [-0.2, 0) is 12.7 Å². The van der Waals surface area contributed by atoms with Gasteiger partial charge in [0.15, 0.2) is 0 Å². The summed E-state index contributed by atoms with van der Waals surface area (Å²) in [6.07, 6.45) is -2.01. The summed E-state index contributed by atoms with van der Waals surface area (Å²) >= 11 is 0. The summed E-state index contributed by atoms with van der Waals surface area (Å²) in [5, 5.41) is 0.463. The molecule has 118 valence electrons. The molecule has 3 rings (SSSR count). The van der Waals surface area contributed by atoms with Gasteiger partial charge in [-0.15, -0.1) is 0 Å². The Morgan fingerprint density at radius 1 is 1.09 bits per heavy atom. The summed E-state index contributed by atoms with van der Waals surface area (Å²) in [5.74, 6) is 0. The first-order chi connectivity index (χ1) is 10.9. The lowest BCUT2D eigenvalue weighted by Crippen LogP contribution is -2.18. The Balaban J connectivity index is 2.06. The fourth-order valence-corrected chi connectivity index (χ4v) is 2.27. The standard InChI is InChI=1S/C16H12F3N3O/c1-2-22-8-7-12-11(15(22)23)4-6-14(21-12)13-5-3-10(9-20-13)16(17,18)19/h3-9H,2H2,1H3. The first-order valence-electron chi connectivity index (χ1n) is 6.94. The van der Waals surface area contributed by atoms with Crippen molar-refractivity contribution in [2.45, 2.75) is 19.6 Å². The molecule has 3 aromatic heterocycles. The number of pyridine rings is 3. The highest BCUT2D eigenvalue weighted by atomic mass is 19.4. The monoisotopic (exact) mass is 319 g/mol. The highest BCUT2D eigenvalue weighted by Gasteiger charge is 2.30. The minimum absolute atomic E-state index is 0.149. The van der Waals surface area contributed by atoms with Gasteiger partial charge < -0.3 is 4.57 Å². The Morgan fingerprint density at radius 3 is 2.43 bits per heavy atom. The normalized spacial score (nSPS) is 11.8. The number of aromatic nitrogens is 3. The van der Waals surface area contributed by atoms with E-state index in [4.69, 9.17) is 0 Å². The molecule has 23 heavy (non-hydrogen) atoms. The average Bonchev–Trinajstić information content (AvgIpc) is 2.54. The van der Waals surface area contributed by atoms with Crippen molar-refractivity contribution in [3.63, 3.8) is 0 Å². The number of hydrogen-bond donors (Lipinski definition) is 0. The van der Waals surface area contributed by atoms with Gasteiger partial charge in [-0.05, 0) is 37.3 Å². The quantitative estimate of drug-likeness (QED) is 0.726. The molecule has 0 unspecified atom stereocenters. The Bertz CT molecular complexity index is 914. The minimum atomic E-state index is -4.42. The molecule has 0 bridgehead atoms.